The summed E-state index contributed by atoms with van der Waals surface area (Å²) in [5, 5.41) is 3.07. The largest absolute Gasteiger partial charge is 0.491 e. The van der Waals surface area contributed by atoms with Crippen LogP contribution in [0.4, 0.5) is 0 Å². The quantitative estimate of drug-likeness (QED) is 0.372. The van der Waals surface area contributed by atoms with E-state index in [-0.39, 0.29) is 11.9 Å². The molecule has 1 atom stereocenters. The standard InChI is InChI=1S/C25H24BrN3O2/c1-17-7-3-6-10-23(17)31-16-15-29-22-9-5-4-8-21(22)28-24(29)18(2)27-25(30)19-11-13-20(26)14-12-19/h3-14,18H,15-16H2,1-2H3,(H,27,30). The number of aryl methyl sites for hydroxylation is 1. The van der Waals surface area contributed by atoms with Crippen molar-refractivity contribution < 1.29 is 9.53 Å². The van der Waals surface area contributed by atoms with Gasteiger partial charge in [-0.25, -0.2) is 4.98 Å². The lowest BCUT2D eigenvalue weighted by molar-refractivity contribution is 0.0937. The van der Waals surface area contributed by atoms with Crippen LogP contribution in [0.3, 0.4) is 0 Å². The van der Waals surface area contributed by atoms with Crippen molar-refractivity contribution in [2.24, 2.45) is 0 Å². The zero-order valence-corrected chi connectivity index (χ0v) is 19.1. The molecule has 0 saturated carbocycles. The smallest absolute Gasteiger partial charge is 0.251 e. The Morgan fingerprint density at radius 1 is 1.06 bits per heavy atom. The van der Waals surface area contributed by atoms with Gasteiger partial charge in [0.05, 0.1) is 23.6 Å². The Balaban J connectivity index is 1.54. The maximum atomic E-state index is 12.7. The summed E-state index contributed by atoms with van der Waals surface area (Å²) >= 11 is 3.40. The van der Waals surface area contributed by atoms with Crippen LogP contribution in [0, 0.1) is 6.92 Å². The predicted octanol–water partition coefficient (Wildman–Crippen LogP) is 5.68. The van der Waals surface area contributed by atoms with Gasteiger partial charge in [0, 0.05) is 10.0 Å². The molecule has 0 spiro atoms. The van der Waals surface area contributed by atoms with Gasteiger partial charge in [0.15, 0.2) is 0 Å². The van der Waals surface area contributed by atoms with E-state index in [1.807, 2.05) is 74.5 Å². The maximum Gasteiger partial charge on any atom is 0.251 e. The first-order valence-electron chi connectivity index (χ1n) is 10.2. The SMILES string of the molecule is Cc1ccccc1OCCn1c(C(C)NC(=O)c2ccc(Br)cc2)nc2ccccc21. The summed E-state index contributed by atoms with van der Waals surface area (Å²) in [4.78, 5) is 17.5. The molecule has 0 radical (unpaired) electrons. The van der Waals surface area contributed by atoms with E-state index < -0.39 is 0 Å². The number of carbonyl (C=O) groups excluding carboxylic acids is 1. The molecule has 0 aliphatic rings. The van der Waals surface area contributed by atoms with Crippen LogP contribution in [0.25, 0.3) is 11.0 Å². The van der Waals surface area contributed by atoms with Crippen molar-refractivity contribution in [3.05, 3.63) is 94.2 Å². The summed E-state index contributed by atoms with van der Waals surface area (Å²) in [6.45, 7) is 5.12. The fraction of sp³-hybridized carbons (Fsp3) is 0.200. The van der Waals surface area contributed by atoms with Gasteiger partial charge in [0.1, 0.15) is 18.2 Å². The van der Waals surface area contributed by atoms with E-state index in [4.69, 9.17) is 9.72 Å². The van der Waals surface area contributed by atoms with E-state index in [1.165, 1.54) is 0 Å². The van der Waals surface area contributed by atoms with Gasteiger partial charge in [0.25, 0.3) is 5.91 Å². The Morgan fingerprint density at radius 2 is 1.77 bits per heavy atom. The lowest BCUT2D eigenvalue weighted by atomic mass is 10.2. The number of amides is 1. The van der Waals surface area contributed by atoms with Gasteiger partial charge in [-0.2, -0.15) is 0 Å². The number of carbonyl (C=O) groups is 1. The van der Waals surface area contributed by atoms with Crippen molar-refractivity contribution >= 4 is 32.9 Å². The third-order valence-corrected chi connectivity index (χ3v) is 5.72. The number of aromatic nitrogens is 2. The number of nitrogens with one attached hydrogen (secondary N) is 1. The first-order valence-corrected chi connectivity index (χ1v) is 11.0. The number of halogens is 1. The molecule has 3 aromatic carbocycles. The first-order chi connectivity index (χ1) is 15.0. The number of hydrogen-bond acceptors (Lipinski definition) is 3. The van der Waals surface area contributed by atoms with Crippen LogP contribution >= 0.6 is 15.9 Å². The summed E-state index contributed by atoms with van der Waals surface area (Å²) in [6, 6.07) is 23.0. The molecule has 4 aromatic rings. The highest BCUT2D eigenvalue weighted by Crippen LogP contribution is 2.22. The molecule has 31 heavy (non-hydrogen) atoms. The van der Waals surface area contributed by atoms with Crippen molar-refractivity contribution in [1.29, 1.82) is 0 Å². The van der Waals surface area contributed by atoms with Gasteiger partial charge >= 0.3 is 0 Å². The van der Waals surface area contributed by atoms with Gasteiger partial charge < -0.3 is 14.6 Å². The molecule has 5 nitrogen and oxygen atoms in total. The minimum Gasteiger partial charge on any atom is -0.491 e. The maximum absolute atomic E-state index is 12.7. The number of nitrogens with zero attached hydrogens (tertiary/aromatic N) is 2. The highest BCUT2D eigenvalue weighted by molar-refractivity contribution is 9.10. The molecule has 6 heteroatoms. The number of para-hydroxylation sites is 3. The third-order valence-electron chi connectivity index (χ3n) is 5.19. The second-order valence-electron chi connectivity index (χ2n) is 7.43. The fourth-order valence-corrected chi connectivity index (χ4v) is 3.84. The number of rotatable bonds is 7. The molecule has 0 aliphatic carbocycles. The van der Waals surface area contributed by atoms with Crippen molar-refractivity contribution in [1.82, 2.24) is 14.9 Å². The molecule has 1 amide bonds. The number of hydrogen-bond donors (Lipinski definition) is 1. The molecule has 1 aromatic heterocycles. The summed E-state index contributed by atoms with van der Waals surface area (Å²) < 4.78 is 9.08. The van der Waals surface area contributed by atoms with Gasteiger partial charge in [-0.3, -0.25) is 4.79 Å². The molecular formula is C25H24BrN3O2. The number of benzene rings is 3. The normalized spacial score (nSPS) is 12.0. The molecule has 158 valence electrons. The van der Waals surface area contributed by atoms with Crippen LogP contribution in [-0.2, 0) is 6.54 Å². The lowest BCUT2D eigenvalue weighted by Crippen LogP contribution is -2.29. The Labute approximate surface area is 190 Å². The van der Waals surface area contributed by atoms with Crippen LogP contribution in [0.1, 0.15) is 34.7 Å². The number of fused-ring (bicyclic) bond motifs is 1. The van der Waals surface area contributed by atoms with E-state index in [0.717, 1.165) is 32.6 Å². The van der Waals surface area contributed by atoms with E-state index in [1.54, 1.807) is 12.1 Å². The molecule has 1 heterocycles. The predicted molar refractivity (Wildman–Crippen MR) is 126 cm³/mol. The third kappa shape index (κ3) is 4.80. The Morgan fingerprint density at radius 3 is 2.55 bits per heavy atom. The molecule has 0 aliphatic heterocycles. The van der Waals surface area contributed by atoms with Crippen molar-refractivity contribution in [3.8, 4) is 5.75 Å². The summed E-state index contributed by atoms with van der Waals surface area (Å²) in [5.74, 6) is 1.56. The second-order valence-corrected chi connectivity index (χ2v) is 8.34. The molecule has 0 bridgehead atoms. The topological polar surface area (TPSA) is 56.1 Å². The molecular weight excluding hydrogens is 454 g/mol. The van der Waals surface area contributed by atoms with Crippen LogP contribution in [-0.4, -0.2) is 22.1 Å². The molecule has 1 unspecified atom stereocenters. The fourth-order valence-electron chi connectivity index (χ4n) is 3.57. The minimum absolute atomic E-state index is 0.130. The number of ether oxygens (including phenoxy) is 1. The van der Waals surface area contributed by atoms with Crippen molar-refractivity contribution in [3.63, 3.8) is 0 Å². The Hall–Kier alpha value is -3.12. The zero-order chi connectivity index (χ0) is 21.8. The van der Waals surface area contributed by atoms with E-state index in [2.05, 4.69) is 25.8 Å². The van der Waals surface area contributed by atoms with Gasteiger partial charge in [-0.1, -0.05) is 46.3 Å². The minimum atomic E-state index is -0.262. The average molecular weight is 478 g/mol. The van der Waals surface area contributed by atoms with Gasteiger partial charge in [0.2, 0.25) is 0 Å². The monoisotopic (exact) mass is 477 g/mol. The van der Waals surface area contributed by atoms with Crippen LogP contribution in [0.15, 0.2) is 77.3 Å². The van der Waals surface area contributed by atoms with Crippen LogP contribution in [0.2, 0.25) is 0 Å². The molecule has 0 fully saturated rings. The van der Waals surface area contributed by atoms with Crippen LogP contribution in [0.5, 0.6) is 5.75 Å². The second kappa shape index (κ2) is 9.35. The zero-order valence-electron chi connectivity index (χ0n) is 17.5. The number of imidazole rings is 1. The highest BCUT2D eigenvalue weighted by atomic mass is 79.9. The molecule has 1 N–H and O–H groups in total. The van der Waals surface area contributed by atoms with E-state index in [9.17, 15) is 4.79 Å². The molecule has 4 rings (SSSR count). The Bertz CT molecular complexity index is 1200. The molecule has 0 saturated heterocycles. The van der Waals surface area contributed by atoms with Crippen LogP contribution < -0.4 is 10.1 Å². The van der Waals surface area contributed by atoms with Gasteiger partial charge in [-0.05, 0) is 61.9 Å². The lowest BCUT2D eigenvalue weighted by Gasteiger charge is -2.17. The van der Waals surface area contributed by atoms with E-state index >= 15 is 0 Å². The first kappa shape index (κ1) is 21.1. The van der Waals surface area contributed by atoms with Crippen molar-refractivity contribution in [2.75, 3.05) is 6.61 Å². The summed E-state index contributed by atoms with van der Waals surface area (Å²) in [7, 11) is 0. The summed E-state index contributed by atoms with van der Waals surface area (Å²) in [5.41, 5.74) is 3.64. The Kier molecular flexibility index (Phi) is 6.37. The van der Waals surface area contributed by atoms with Crippen molar-refractivity contribution in [2.45, 2.75) is 26.4 Å². The van der Waals surface area contributed by atoms with E-state index in [0.29, 0.717) is 18.7 Å². The average Bonchev–Trinajstić information content (AvgIpc) is 3.14. The highest BCUT2D eigenvalue weighted by Gasteiger charge is 2.19. The van der Waals surface area contributed by atoms with Gasteiger partial charge in [-0.15, -0.1) is 0 Å². The summed E-state index contributed by atoms with van der Waals surface area (Å²) in [6.07, 6.45) is 0.